The van der Waals surface area contributed by atoms with Crippen LogP contribution in [0.15, 0.2) is 11.8 Å². The van der Waals surface area contributed by atoms with Crippen molar-refractivity contribution in [2.75, 3.05) is 13.6 Å². The van der Waals surface area contributed by atoms with Crippen molar-refractivity contribution in [3.05, 3.63) is 11.8 Å². The third-order valence-corrected chi connectivity index (χ3v) is 2.12. The van der Waals surface area contributed by atoms with Crippen molar-refractivity contribution in [1.29, 1.82) is 0 Å². The Morgan fingerprint density at radius 2 is 2.00 bits per heavy atom. The maximum Gasteiger partial charge on any atom is 0.0171 e. The van der Waals surface area contributed by atoms with Crippen LogP contribution < -0.4 is 0 Å². The van der Waals surface area contributed by atoms with E-state index in [-0.39, 0.29) is 0 Å². The first-order valence-corrected chi connectivity index (χ1v) is 4.56. The summed E-state index contributed by atoms with van der Waals surface area (Å²) in [5.74, 6) is 0. The summed E-state index contributed by atoms with van der Waals surface area (Å²) >= 11 is 0. The summed E-state index contributed by atoms with van der Waals surface area (Å²) in [6, 6.07) is 0. The molecule has 66 valence electrons. The van der Waals surface area contributed by atoms with Gasteiger partial charge in [0.1, 0.15) is 0 Å². The summed E-state index contributed by atoms with van der Waals surface area (Å²) < 4.78 is 0. The van der Waals surface area contributed by atoms with E-state index in [1.165, 1.54) is 31.5 Å². The van der Waals surface area contributed by atoms with Crippen LogP contribution in [0.4, 0.5) is 0 Å². The van der Waals surface area contributed by atoms with Gasteiger partial charge in [-0.2, -0.15) is 0 Å². The zero-order valence-electron chi connectivity index (χ0n) is 8.35. The Labute approximate surface area is 71.1 Å². The number of nitrogens with zero attached hydrogens (tertiary/aromatic N) is 1. The molecule has 0 fully saturated rings. The van der Waals surface area contributed by atoms with E-state index in [4.69, 9.17) is 0 Å². The van der Waals surface area contributed by atoms with Crippen molar-refractivity contribution in [2.45, 2.75) is 40.0 Å². The summed E-state index contributed by atoms with van der Waals surface area (Å²) in [6.07, 6.45) is 6.13. The lowest BCUT2D eigenvalue weighted by molar-refractivity contribution is 0.401. The molecule has 0 aromatic rings. The van der Waals surface area contributed by atoms with Crippen LogP contribution in [0.3, 0.4) is 0 Å². The second kappa shape index (κ2) is 6.26. The highest BCUT2D eigenvalue weighted by Gasteiger charge is 1.95. The fourth-order valence-corrected chi connectivity index (χ4v) is 0.996. The molecule has 0 saturated heterocycles. The molecular formula is C10H21N. The van der Waals surface area contributed by atoms with Crippen LogP contribution in [0.25, 0.3) is 0 Å². The molecule has 0 unspecified atom stereocenters. The number of hydrogen-bond acceptors (Lipinski definition) is 1. The number of rotatable bonds is 5. The second-order valence-electron chi connectivity index (χ2n) is 3.06. The Morgan fingerprint density at radius 3 is 2.45 bits per heavy atom. The summed E-state index contributed by atoms with van der Waals surface area (Å²) in [4.78, 5) is 2.32. The third kappa shape index (κ3) is 4.88. The van der Waals surface area contributed by atoms with Crippen molar-refractivity contribution in [3.63, 3.8) is 0 Å². The van der Waals surface area contributed by atoms with Gasteiger partial charge in [0.15, 0.2) is 0 Å². The standard InChI is InChI=1S/C10H21N/c1-5-7-8-9-11(4)10(3)6-2/h6H,5,7-9H2,1-4H3/b10-6+. The van der Waals surface area contributed by atoms with Gasteiger partial charge >= 0.3 is 0 Å². The topological polar surface area (TPSA) is 3.24 Å². The SMILES string of the molecule is C/C=C(\C)N(C)CCCCC. The molecule has 0 rings (SSSR count). The van der Waals surface area contributed by atoms with Crippen molar-refractivity contribution in [2.24, 2.45) is 0 Å². The van der Waals surface area contributed by atoms with Gasteiger partial charge in [-0.1, -0.05) is 25.8 Å². The van der Waals surface area contributed by atoms with Gasteiger partial charge in [0.05, 0.1) is 0 Å². The molecule has 0 N–H and O–H groups in total. The van der Waals surface area contributed by atoms with E-state index < -0.39 is 0 Å². The molecule has 0 aliphatic carbocycles. The monoisotopic (exact) mass is 155 g/mol. The summed E-state index contributed by atoms with van der Waals surface area (Å²) in [6.45, 7) is 7.68. The first-order chi connectivity index (χ1) is 5.22. The van der Waals surface area contributed by atoms with Crippen LogP contribution in [0.5, 0.6) is 0 Å². The Kier molecular flexibility index (Phi) is 6.00. The molecule has 0 aliphatic rings. The minimum absolute atomic E-state index is 1.20. The fourth-order valence-electron chi connectivity index (χ4n) is 0.996. The average Bonchev–Trinajstić information content (AvgIpc) is 2.03. The Morgan fingerprint density at radius 1 is 1.36 bits per heavy atom. The van der Waals surface area contributed by atoms with Crippen LogP contribution in [-0.2, 0) is 0 Å². The van der Waals surface area contributed by atoms with Gasteiger partial charge in [0.25, 0.3) is 0 Å². The molecule has 0 heterocycles. The number of unbranched alkanes of at least 4 members (excludes halogenated alkanes) is 2. The highest BCUT2D eigenvalue weighted by Crippen LogP contribution is 2.02. The Hall–Kier alpha value is -0.460. The van der Waals surface area contributed by atoms with E-state index >= 15 is 0 Å². The maximum absolute atomic E-state index is 2.32. The maximum atomic E-state index is 2.32. The van der Waals surface area contributed by atoms with Crippen LogP contribution in [0.2, 0.25) is 0 Å². The molecular weight excluding hydrogens is 134 g/mol. The number of hydrogen-bond donors (Lipinski definition) is 0. The summed E-state index contributed by atoms with van der Waals surface area (Å²) in [5, 5.41) is 0. The van der Waals surface area contributed by atoms with E-state index in [0.717, 1.165) is 0 Å². The quantitative estimate of drug-likeness (QED) is 0.552. The molecule has 0 aliphatic heterocycles. The van der Waals surface area contributed by atoms with Crippen LogP contribution in [-0.4, -0.2) is 18.5 Å². The molecule has 0 atom stereocenters. The molecule has 0 aromatic carbocycles. The molecule has 0 amide bonds. The van der Waals surface area contributed by atoms with Gasteiger partial charge in [-0.15, -0.1) is 0 Å². The first kappa shape index (κ1) is 10.5. The molecule has 0 spiro atoms. The van der Waals surface area contributed by atoms with Gasteiger partial charge in [0.2, 0.25) is 0 Å². The zero-order chi connectivity index (χ0) is 8.69. The molecule has 1 heteroatoms. The van der Waals surface area contributed by atoms with Gasteiger partial charge in [0, 0.05) is 19.3 Å². The molecule has 0 bridgehead atoms. The third-order valence-electron chi connectivity index (χ3n) is 2.12. The summed E-state index contributed by atoms with van der Waals surface area (Å²) in [5.41, 5.74) is 1.38. The predicted octanol–water partition coefficient (Wildman–Crippen LogP) is 3.03. The zero-order valence-corrected chi connectivity index (χ0v) is 8.35. The second-order valence-corrected chi connectivity index (χ2v) is 3.06. The van der Waals surface area contributed by atoms with E-state index in [1.807, 2.05) is 0 Å². The summed E-state index contributed by atoms with van der Waals surface area (Å²) in [7, 11) is 2.16. The van der Waals surface area contributed by atoms with Crippen LogP contribution in [0.1, 0.15) is 40.0 Å². The van der Waals surface area contributed by atoms with E-state index in [1.54, 1.807) is 0 Å². The van der Waals surface area contributed by atoms with Gasteiger partial charge < -0.3 is 4.90 Å². The van der Waals surface area contributed by atoms with Crippen molar-refractivity contribution in [3.8, 4) is 0 Å². The van der Waals surface area contributed by atoms with Crippen molar-refractivity contribution in [1.82, 2.24) is 4.90 Å². The highest BCUT2D eigenvalue weighted by atomic mass is 15.1. The molecule has 0 aromatic heterocycles. The van der Waals surface area contributed by atoms with Crippen LogP contribution in [0, 0.1) is 0 Å². The van der Waals surface area contributed by atoms with E-state index in [0.29, 0.717) is 0 Å². The Balaban J connectivity index is 3.44. The molecule has 0 saturated carbocycles. The molecule has 11 heavy (non-hydrogen) atoms. The van der Waals surface area contributed by atoms with Crippen molar-refractivity contribution >= 4 is 0 Å². The van der Waals surface area contributed by atoms with Gasteiger partial charge in [-0.25, -0.2) is 0 Å². The Bertz CT molecular complexity index is 116. The number of allylic oxidation sites excluding steroid dienone is 2. The normalized spacial score (nSPS) is 11.8. The smallest absolute Gasteiger partial charge is 0.0171 e. The first-order valence-electron chi connectivity index (χ1n) is 4.56. The van der Waals surface area contributed by atoms with Crippen molar-refractivity contribution < 1.29 is 0 Å². The fraction of sp³-hybridized carbons (Fsp3) is 0.800. The van der Waals surface area contributed by atoms with Gasteiger partial charge in [-0.05, 0) is 20.3 Å². The minimum Gasteiger partial charge on any atom is -0.378 e. The molecule has 0 radical (unpaired) electrons. The van der Waals surface area contributed by atoms with Crippen LogP contribution >= 0.6 is 0 Å². The van der Waals surface area contributed by atoms with Gasteiger partial charge in [-0.3, -0.25) is 0 Å². The minimum atomic E-state index is 1.20. The predicted molar refractivity (Wildman–Crippen MR) is 51.6 cm³/mol. The van der Waals surface area contributed by atoms with E-state index in [2.05, 4.69) is 38.8 Å². The highest BCUT2D eigenvalue weighted by molar-refractivity contribution is 4.93. The lowest BCUT2D eigenvalue weighted by atomic mass is 10.2. The molecule has 1 nitrogen and oxygen atoms in total. The largest absolute Gasteiger partial charge is 0.378 e. The van der Waals surface area contributed by atoms with E-state index in [9.17, 15) is 0 Å². The average molecular weight is 155 g/mol. The lowest BCUT2D eigenvalue weighted by Gasteiger charge is -2.19. The lowest BCUT2D eigenvalue weighted by Crippen LogP contribution is -2.16.